The summed E-state index contributed by atoms with van der Waals surface area (Å²) in [6.07, 6.45) is 5.28. The number of H-pyrrole nitrogens is 1. The monoisotopic (exact) mass is 150 g/mol. The number of aromatic amines is 1. The Labute approximate surface area is 64.4 Å². The number of hydrogen-bond donors (Lipinski definition) is 2. The summed E-state index contributed by atoms with van der Waals surface area (Å²) >= 11 is 0. The van der Waals surface area contributed by atoms with Gasteiger partial charge in [0.2, 0.25) is 0 Å². The Morgan fingerprint density at radius 3 is 2.91 bits per heavy atom. The van der Waals surface area contributed by atoms with E-state index in [9.17, 15) is 0 Å². The second-order valence-electron chi connectivity index (χ2n) is 1.83. The van der Waals surface area contributed by atoms with E-state index in [1.165, 1.54) is 7.05 Å². The fourth-order valence-corrected chi connectivity index (χ4v) is 0.783. The van der Waals surface area contributed by atoms with Gasteiger partial charge in [0.05, 0.1) is 17.9 Å². The van der Waals surface area contributed by atoms with Crippen molar-refractivity contribution in [3.05, 3.63) is 24.7 Å². The van der Waals surface area contributed by atoms with Gasteiger partial charge in [0.25, 0.3) is 0 Å². The average molecular weight is 150 g/mol. The van der Waals surface area contributed by atoms with Crippen molar-refractivity contribution < 1.29 is 0 Å². The predicted molar refractivity (Wildman–Crippen MR) is 44.0 cm³/mol. The summed E-state index contributed by atoms with van der Waals surface area (Å²) in [7, 11) is 1.50. The summed E-state index contributed by atoms with van der Waals surface area (Å²) in [6.45, 7) is 0. The summed E-state index contributed by atoms with van der Waals surface area (Å²) in [5, 5.41) is 7.75. The Hall–Kier alpha value is -1.42. The van der Waals surface area contributed by atoms with Crippen LogP contribution >= 0.6 is 0 Å². The zero-order valence-electron chi connectivity index (χ0n) is 6.28. The van der Waals surface area contributed by atoms with E-state index in [0.717, 1.165) is 10.9 Å². The predicted octanol–water partition coefficient (Wildman–Crippen LogP) is 0.533. The highest BCUT2D eigenvalue weighted by Gasteiger charge is 1.89. The highest BCUT2D eigenvalue weighted by atomic mass is 15.1. The molecule has 4 heteroatoms. The average Bonchev–Trinajstić information content (AvgIpc) is 2.55. The lowest BCUT2D eigenvalue weighted by atomic mass is 10.3. The number of nitrogens with zero attached hydrogens (tertiary/aromatic N) is 2. The van der Waals surface area contributed by atoms with Crippen LogP contribution in [0.25, 0.3) is 10.9 Å². The number of fused-ring (bicyclic) bond motifs is 1. The Morgan fingerprint density at radius 2 is 2.18 bits per heavy atom. The van der Waals surface area contributed by atoms with Gasteiger partial charge in [-0.25, -0.2) is 0 Å². The molecule has 2 aromatic rings. The lowest BCUT2D eigenvalue weighted by molar-refractivity contribution is 1.11. The van der Waals surface area contributed by atoms with Crippen molar-refractivity contribution in [1.82, 2.24) is 15.2 Å². The number of hydrogen-bond acceptors (Lipinski definition) is 3. The summed E-state index contributed by atoms with van der Waals surface area (Å²) in [6, 6.07) is 1.92. The fourth-order valence-electron chi connectivity index (χ4n) is 0.783. The summed E-state index contributed by atoms with van der Waals surface area (Å²) in [5.74, 6) is 0. The molecule has 0 aliphatic rings. The van der Waals surface area contributed by atoms with Crippen LogP contribution in [0, 0.1) is 0 Å². The third-order valence-corrected chi connectivity index (χ3v) is 1.24. The van der Waals surface area contributed by atoms with E-state index in [0.29, 0.717) is 0 Å². The van der Waals surface area contributed by atoms with Gasteiger partial charge in [-0.1, -0.05) is 0 Å². The SMILES string of the molecule is CN.c1cc2cn[nH]c2cn1. The number of aromatic nitrogens is 3. The maximum Gasteiger partial charge on any atom is 0.0833 e. The van der Waals surface area contributed by atoms with Crippen LogP contribution < -0.4 is 5.73 Å². The molecule has 2 rings (SSSR count). The topological polar surface area (TPSA) is 67.6 Å². The minimum absolute atomic E-state index is 0.984. The van der Waals surface area contributed by atoms with Crippen molar-refractivity contribution in [2.24, 2.45) is 5.73 Å². The van der Waals surface area contributed by atoms with E-state index >= 15 is 0 Å². The summed E-state index contributed by atoms with van der Waals surface area (Å²) in [4.78, 5) is 3.91. The molecule has 0 unspecified atom stereocenters. The Morgan fingerprint density at radius 1 is 1.36 bits per heavy atom. The zero-order chi connectivity index (χ0) is 8.10. The van der Waals surface area contributed by atoms with Gasteiger partial charge in [-0.15, -0.1) is 0 Å². The standard InChI is InChI=1S/C6H5N3.CH5N/c1-2-7-4-6-5(1)3-8-9-6;1-2/h1-4H,(H,8,9);2H2,1H3. The summed E-state index contributed by atoms with van der Waals surface area (Å²) < 4.78 is 0. The van der Waals surface area contributed by atoms with Gasteiger partial charge < -0.3 is 5.73 Å². The minimum atomic E-state index is 0.984. The second kappa shape index (κ2) is 3.68. The molecule has 3 N–H and O–H groups in total. The van der Waals surface area contributed by atoms with Crippen LogP contribution in [0.15, 0.2) is 24.7 Å². The van der Waals surface area contributed by atoms with Crippen LogP contribution in [-0.2, 0) is 0 Å². The van der Waals surface area contributed by atoms with Crippen molar-refractivity contribution >= 4 is 10.9 Å². The first-order valence-electron chi connectivity index (χ1n) is 3.27. The molecule has 0 aliphatic heterocycles. The molecule has 0 fully saturated rings. The molecule has 58 valence electrons. The van der Waals surface area contributed by atoms with Crippen LogP contribution in [0.1, 0.15) is 0 Å². The third-order valence-electron chi connectivity index (χ3n) is 1.24. The van der Waals surface area contributed by atoms with E-state index in [4.69, 9.17) is 0 Å². The maximum absolute atomic E-state index is 4.50. The molecule has 0 saturated carbocycles. The van der Waals surface area contributed by atoms with E-state index in [1.54, 1.807) is 18.6 Å². The first-order chi connectivity index (χ1) is 5.47. The van der Waals surface area contributed by atoms with Crippen molar-refractivity contribution in [2.75, 3.05) is 7.05 Å². The number of rotatable bonds is 0. The van der Waals surface area contributed by atoms with Crippen molar-refractivity contribution in [1.29, 1.82) is 0 Å². The maximum atomic E-state index is 4.50. The Bertz CT molecular complexity index is 284. The highest BCUT2D eigenvalue weighted by molar-refractivity contribution is 5.76. The zero-order valence-corrected chi connectivity index (χ0v) is 6.28. The molecular formula is C7H10N4. The van der Waals surface area contributed by atoms with Gasteiger partial charge >= 0.3 is 0 Å². The van der Waals surface area contributed by atoms with E-state index in [1.807, 2.05) is 6.07 Å². The minimum Gasteiger partial charge on any atom is -0.333 e. The van der Waals surface area contributed by atoms with Crippen LogP contribution in [-0.4, -0.2) is 22.2 Å². The van der Waals surface area contributed by atoms with E-state index < -0.39 is 0 Å². The number of nitrogens with one attached hydrogen (secondary N) is 1. The van der Waals surface area contributed by atoms with Crippen molar-refractivity contribution in [3.8, 4) is 0 Å². The summed E-state index contributed by atoms with van der Waals surface area (Å²) in [5.41, 5.74) is 5.48. The molecule has 4 nitrogen and oxygen atoms in total. The van der Waals surface area contributed by atoms with Gasteiger partial charge in [0.1, 0.15) is 0 Å². The van der Waals surface area contributed by atoms with E-state index in [2.05, 4.69) is 20.9 Å². The lowest BCUT2D eigenvalue weighted by Crippen LogP contribution is -1.69. The van der Waals surface area contributed by atoms with Gasteiger partial charge in [0, 0.05) is 11.6 Å². The van der Waals surface area contributed by atoms with E-state index in [-0.39, 0.29) is 0 Å². The molecule has 0 bridgehead atoms. The first kappa shape index (κ1) is 7.68. The van der Waals surface area contributed by atoms with Gasteiger partial charge in [0.15, 0.2) is 0 Å². The van der Waals surface area contributed by atoms with Crippen LogP contribution in [0.4, 0.5) is 0 Å². The van der Waals surface area contributed by atoms with Crippen LogP contribution in [0.3, 0.4) is 0 Å². The molecular weight excluding hydrogens is 140 g/mol. The Balaban J connectivity index is 0.000000281. The number of nitrogens with two attached hydrogens (primary N) is 1. The highest BCUT2D eigenvalue weighted by Crippen LogP contribution is 2.04. The third kappa shape index (κ3) is 1.53. The van der Waals surface area contributed by atoms with Crippen molar-refractivity contribution in [3.63, 3.8) is 0 Å². The molecule has 0 aliphatic carbocycles. The molecule has 0 spiro atoms. The molecule has 0 radical (unpaired) electrons. The molecule has 2 heterocycles. The molecule has 0 aromatic carbocycles. The van der Waals surface area contributed by atoms with Gasteiger partial charge in [-0.05, 0) is 13.1 Å². The number of pyridine rings is 1. The molecule has 0 amide bonds. The fraction of sp³-hybridized carbons (Fsp3) is 0.143. The second-order valence-corrected chi connectivity index (χ2v) is 1.83. The largest absolute Gasteiger partial charge is 0.333 e. The smallest absolute Gasteiger partial charge is 0.0833 e. The first-order valence-corrected chi connectivity index (χ1v) is 3.27. The lowest BCUT2D eigenvalue weighted by Gasteiger charge is -1.80. The van der Waals surface area contributed by atoms with Crippen LogP contribution in [0.5, 0.6) is 0 Å². The van der Waals surface area contributed by atoms with Gasteiger partial charge in [-0.3, -0.25) is 10.1 Å². The molecule has 11 heavy (non-hydrogen) atoms. The van der Waals surface area contributed by atoms with Crippen LogP contribution in [0.2, 0.25) is 0 Å². The molecule has 0 saturated heterocycles. The molecule has 0 atom stereocenters. The van der Waals surface area contributed by atoms with Crippen molar-refractivity contribution in [2.45, 2.75) is 0 Å². The Kier molecular flexibility index (Phi) is 2.57. The molecule has 2 aromatic heterocycles. The quantitative estimate of drug-likeness (QED) is 0.575. The normalized spacial score (nSPS) is 8.91. The van der Waals surface area contributed by atoms with Gasteiger partial charge in [-0.2, -0.15) is 5.10 Å².